The molecule has 2 amide bonds. The second-order valence-corrected chi connectivity index (χ2v) is 4.34. The fraction of sp³-hybridized carbons (Fsp3) is 0.143. The molecular formula is C14H10N2O6. The lowest BCUT2D eigenvalue weighted by Crippen LogP contribution is -2.29. The number of hydroxylamine groups is 2. The molecule has 22 heavy (non-hydrogen) atoms. The molecule has 0 unspecified atom stereocenters. The minimum Gasteiger partial charge on any atom is -0.464 e. The van der Waals surface area contributed by atoms with Crippen LogP contribution in [0.3, 0.4) is 0 Å². The second kappa shape index (κ2) is 5.41. The molecule has 3 rings (SSSR count). The van der Waals surface area contributed by atoms with E-state index in [1.165, 1.54) is 7.11 Å². The van der Waals surface area contributed by atoms with Gasteiger partial charge in [-0.1, -0.05) is 12.1 Å². The normalized spacial score (nSPS) is 13.4. The largest absolute Gasteiger partial charge is 0.464 e. The third-order valence-corrected chi connectivity index (χ3v) is 3.02. The molecule has 2 heterocycles. The molecule has 2 aromatic rings. The quantitative estimate of drug-likeness (QED) is 0.617. The Labute approximate surface area is 124 Å². The number of esters is 1. The molecule has 8 nitrogen and oxygen atoms in total. The van der Waals surface area contributed by atoms with E-state index in [2.05, 4.69) is 9.72 Å². The van der Waals surface area contributed by atoms with Crippen molar-refractivity contribution >= 4 is 17.8 Å². The fourth-order valence-electron chi connectivity index (χ4n) is 1.98. The molecule has 0 fully saturated rings. The van der Waals surface area contributed by atoms with Crippen LogP contribution in [0.1, 0.15) is 37.1 Å². The number of carbonyl (C=O) groups is 3. The van der Waals surface area contributed by atoms with Crippen LogP contribution in [0, 0.1) is 0 Å². The Kier molecular flexibility index (Phi) is 3.43. The van der Waals surface area contributed by atoms with Gasteiger partial charge in [-0.15, -0.1) is 5.06 Å². The Balaban J connectivity index is 1.70. The van der Waals surface area contributed by atoms with E-state index < -0.39 is 17.8 Å². The summed E-state index contributed by atoms with van der Waals surface area (Å²) in [6.45, 7) is -0.275. The van der Waals surface area contributed by atoms with E-state index in [1.54, 1.807) is 24.3 Å². The van der Waals surface area contributed by atoms with E-state index >= 15 is 0 Å². The zero-order valence-corrected chi connectivity index (χ0v) is 11.4. The third-order valence-electron chi connectivity index (χ3n) is 3.02. The molecule has 0 atom stereocenters. The molecule has 1 aromatic carbocycles. The summed E-state index contributed by atoms with van der Waals surface area (Å²) < 4.78 is 9.49. The number of benzene rings is 1. The average Bonchev–Trinajstić information content (AvgIpc) is 3.10. The van der Waals surface area contributed by atoms with Gasteiger partial charge in [-0.25, -0.2) is 9.78 Å². The molecule has 0 bridgehead atoms. The number of fused-ring (bicyclic) bond motifs is 1. The van der Waals surface area contributed by atoms with Crippen LogP contribution in [0.25, 0.3) is 0 Å². The summed E-state index contributed by atoms with van der Waals surface area (Å²) in [7, 11) is 1.21. The number of carbonyl (C=O) groups excluding carboxylic acids is 3. The van der Waals surface area contributed by atoms with E-state index in [0.29, 0.717) is 5.06 Å². The number of amides is 2. The van der Waals surface area contributed by atoms with Gasteiger partial charge in [-0.3, -0.25) is 14.4 Å². The maximum Gasteiger partial charge on any atom is 0.360 e. The Morgan fingerprint density at radius 2 is 1.86 bits per heavy atom. The lowest BCUT2D eigenvalue weighted by Gasteiger charge is -2.11. The number of oxazole rings is 1. The summed E-state index contributed by atoms with van der Waals surface area (Å²) >= 11 is 0. The van der Waals surface area contributed by atoms with Gasteiger partial charge < -0.3 is 9.15 Å². The zero-order valence-electron chi connectivity index (χ0n) is 11.4. The van der Waals surface area contributed by atoms with Gasteiger partial charge in [0.25, 0.3) is 11.8 Å². The van der Waals surface area contributed by atoms with Gasteiger partial charge in [0.2, 0.25) is 5.89 Å². The molecule has 0 radical (unpaired) electrons. The Hall–Kier alpha value is -3.00. The Morgan fingerprint density at radius 3 is 2.45 bits per heavy atom. The standard InChI is InChI=1S/C14H10N2O6/c1-20-14(19)10-6-21-11(15-10)7-22-16-12(17)8-4-2-3-5-9(8)13(16)18/h2-6H,7H2,1H3. The molecule has 0 saturated carbocycles. The van der Waals surface area contributed by atoms with Crippen LogP contribution in [0.5, 0.6) is 0 Å². The molecular weight excluding hydrogens is 292 g/mol. The Bertz CT molecular complexity index is 731. The van der Waals surface area contributed by atoms with Crippen LogP contribution in [0.4, 0.5) is 0 Å². The first-order chi connectivity index (χ1) is 10.6. The maximum absolute atomic E-state index is 12.0. The number of rotatable bonds is 4. The third kappa shape index (κ3) is 2.25. The van der Waals surface area contributed by atoms with Gasteiger partial charge >= 0.3 is 5.97 Å². The number of aromatic nitrogens is 1. The van der Waals surface area contributed by atoms with Crippen molar-refractivity contribution in [2.24, 2.45) is 0 Å². The van der Waals surface area contributed by atoms with E-state index in [4.69, 9.17) is 9.25 Å². The predicted molar refractivity (Wildman–Crippen MR) is 69.6 cm³/mol. The van der Waals surface area contributed by atoms with Gasteiger partial charge in [0.1, 0.15) is 6.26 Å². The first kappa shape index (κ1) is 14.0. The van der Waals surface area contributed by atoms with E-state index in [-0.39, 0.29) is 29.3 Å². The first-order valence-electron chi connectivity index (χ1n) is 6.25. The highest BCUT2D eigenvalue weighted by atomic mass is 16.7. The van der Waals surface area contributed by atoms with E-state index in [0.717, 1.165) is 6.26 Å². The molecule has 1 aliphatic heterocycles. The molecule has 1 aliphatic rings. The summed E-state index contributed by atoms with van der Waals surface area (Å²) in [5.41, 5.74) is 0.522. The highest BCUT2D eigenvalue weighted by Crippen LogP contribution is 2.23. The number of hydrogen-bond acceptors (Lipinski definition) is 7. The van der Waals surface area contributed by atoms with Crippen LogP contribution in [0.2, 0.25) is 0 Å². The fourth-order valence-corrected chi connectivity index (χ4v) is 1.98. The van der Waals surface area contributed by atoms with E-state index in [1.807, 2.05) is 0 Å². The molecule has 0 aliphatic carbocycles. The average molecular weight is 302 g/mol. The minimum atomic E-state index is -0.657. The summed E-state index contributed by atoms with van der Waals surface area (Å²) in [6.07, 6.45) is 1.10. The molecule has 112 valence electrons. The molecule has 0 N–H and O–H groups in total. The summed E-state index contributed by atoms with van der Waals surface area (Å²) in [5.74, 6) is -1.73. The van der Waals surface area contributed by atoms with Gasteiger partial charge in [0.15, 0.2) is 12.3 Å². The highest BCUT2D eigenvalue weighted by molar-refractivity contribution is 6.20. The predicted octanol–water partition coefficient (Wildman–Crippen LogP) is 1.19. The van der Waals surface area contributed by atoms with Crippen molar-refractivity contribution in [3.8, 4) is 0 Å². The van der Waals surface area contributed by atoms with Gasteiger partial charge in [-0.05, 0) is 12.1 Å². The van der Waals surface area contributed by atoms with Crippen LogP contribution in [-0.2, 0) is 16.2 Å². The highest BCUT2D eigenvalue weighted by Gasteiger charge is 2.36. The minimum absolute atomic E-state index is 0.0246. The number of hydrogen-bond donors (Lipinski definition) is 0. The van der Waals surface area contributed by atoms with Gasteiger partial charge in [0.05, 0.1) is 18.2 Å². The van der Waals surface area contributed by atoms with Crippen molar-refractivity contribution in [2.45, 2.75) is 6.61 Å². The smallest absolute Gasteiger partial charge is 0.360 e. The van der Waals surface area contributed by atoms with Crippen molar-refractivity contribution < 1.29 is 28.4 Å². The molecule has 0 saturated heterocycles. The van der Waals surface area contributed by atoms with Crippen molar-refractivity contribution in [1.29, 1.82) is 0 Å². The van der Waals surface area contributed by atoms with E-state index in [9.17, 15) is 14.4 Å². The Morgan fingerprint density at radius 1 is 1.23 bits per heavy atom. The molecule has 8 heteroatoms. The van der Waals surface area contributed by atoms with Crippen molar-refractivity contribution in [3.05, 3.63) is 53.2 Å². The van der Waals surface area contributed by atoms with Crippen LogP contribution in [-0.4, -0.2) is 34.9 Å². The first-order valence-corrected chi connectivity index (χ1v) is 6.25. The second-order valence-electron chi connectivity index (χ2n) is 4.34. The summed E-state index contributed by atoms with van der Waals surface area (Å²) in [4.78, 5) is 44.3. The monoisotopic (exact) mass is 302 g/mol. The summed E-state index contributed by atoms with van der Waals surface area (Å²) in [5, 5.41) is 0.646. The van der Waals surface area contributed by atoms with Crippen molar-refractivity contribution in [3.63, 3.8) is 0 Å². The maximum atomic E-state index is 12.0. The number of imide groups is 1. The number of ether oxygens (including phenoxy) is 1. The van der Waals surface area contributed by atoms with Crippen LogP contribution >= 0.6 is 0 Å². The molecule has 0 spiro atoms. The van der Waals surface area contributed by atoms with Crippen molar-refractivity contribution in [1.82, 2.24) is 10.0 Å². The lowest BCUT2D eigenvalue weighted by atomic mass is 10.1. The SMILES string of the molecule is COC(=O)c1coc(CON2C(=O)c3ccccc3C2=O)n1. The zero-order chi connectivity index (χ0) is 15.7. The number of methoxy groups -OCH3 is 1. The van der Waals surface area contributed by atoms with Crippen molar-refractivity contribution in [2.75, 3.05) is 7.11 Å². The molecule has 1 aromatic heterocycles. The topological polar surface area (TPSA) is 98.9 Å². The number of nitrogens with zero attached hydrogens (tertiary/aromatic N) is 2. The van der Waals surface area contributed by atoms with Crippen LogP contribution in [0.15, 0.2) is 34.9 Å². The van der Waals surface area contributed by atoms with Gasteiger partial charge in [0, 0.05) is 0 Å². The lowest BCUT2D eigenvalue weighted by molar-refractivity contribution is -0.106. The summed E-state index contributed by atoms with van der Waals surface area (Å²) in [6, 6.07) is 6.40. The van der Waals surface area contributed by atoms with Crippen LogP contribution < -0.4 is 0 Å². The van der Waals surface area contributed by atoms with Gasteiger partial charge in [-0.2, -0.15) is 0 Å².